The Balaban J connectivity index is 1.47. The summed E-state index contributed by atoms with van der Waals surface area (Å²) in [5.74, 6) is 1.03. The second-order valence-corrected chi connectivity index (χ2v) is 27.7. The number of rotatable bonds is 18. The third-order valence-corrected chi connectivity index (χ3v) is 13.1. The van der Waals surface area contributed by atoms with Crippen molar-refractivity contribution in [2.75, 3.05) is 38.2 Å². The summed E-state index contributed by atoms with van der Waals surface area (Å²) in [4.78, 5) is 25.1. The highest BCUT2D eigenvalue weighted by atomic mass is 28.3. The summed E-state index contributed by atoms with van der Waals surface area (Å²) in [5, 5.41) is 4.91. The first-order valence-electron chi connectivity index (χ1n) is 18.9. The fraction of sp³-hybridized carbons (Fsp3) is 0.550. The summed E-state index contributed by atoms with van der Waals surface area (Å²) in [6, 6.07) is 18.7. The van der Waals surface area contributed by atoms with Crippen molar-refractivity contribution >= 4 is 33.6 Å². The van der Waals surface area contributed by atoms with Crippen LogP contribution in [0, 0.1) is 5.92 Å². The lowest BCUT2D eigenvalue weighted by atomic mass is 9.80. The van der Waals surface area contributed by atoms with Crippen LogP contribution >= 0.6 is 0 Å². The molecule has 276 valence electrons. The van der Waals surface area contributed by atoms with E-state index in [1.54, 1.807) is 0 Å². The number of benzene rings is 1. The van der Waals surface area contributed by atoms with Gasteiger partial charge in [0.25, 0.3) is 0 Å². The summed E-state index contributed by atoms with van der Waals surface area (Å²) in [5.41, 5.74) is 5.69. The van der Waals surface area contributed by atoms with Gasteiger partial charge in [0.15, 0.2) is 5.65 Å². The van der Waals surface area contributed by atoms with Crippen LogP contribution in [0.15, 0.2) is 60.9 Å². The van der Waals surface area contributed by atoms with E-state index in [0.29, 0.717) is 33.3 Å². The number of aromatic nitrogens is 4. The van der Waals surface area contributed by atoms with Gasteiger partial charge in [-0.3, -0.25) is 9.78 Å². The lowest BCUT2D eigenvalue weighted by Gasteiger charge is -2.29. The van der Waals surface area contributed by atoms with Gasteiger partial charge in [0.05, 0.1) is 24.4 Å². The quantitative estimate of drug-likeness (QED) is 0.0433. The van der Waals surface area contributed by atoms with Crippen LogP contribution in [-0.4, -0.2) is 75.0 Å². The first-order valence-corrected chi connectivity index (χ1v) is 26.3. The van der Waals surface area contributed by atoms with Crippen molar-refractivity contribution < 1.29 is 19.0 Å². The van der Waals surface area contributed by atoms with Crippen LogP contribution in [0.3, 0.4) is 0 Å². The van der Waals surface area contributed by atoms with Crippen LogP contribution < -0.4 is 4.90 Å². The minimum Gasteiger partial charge on any atom is -0.465 e. The number of carbonyl (C=O) groups excluding carboxylic acids is 1. The summed E-state index contributed by atoms with van der Waals surface area (Å²) in [6.45, 7) is 19.1. The standard InChI is InChI=1S/C40H59N5O4Si2/c1-8-9-21-49-40(46)33-17-15-32(16-18-33)37-26-38(44(29-47-22-24-50(2,3)4)30-48-23-25-51(5,6)7)45-39(43-37)35(28-42-45)34-19-20-36(41-27-34)31-13-11-10-12-14-31/h10-14,19-20,26-28,32-33H,8-9,15-18,21-25,29-30H2,1-7H3. The fourth-order valence-electron chi connectivity index (χ4n) is 6.27. The smallest absolute Gasteiger partial charge is 0.308 e. The van der Waals surface area contributed by atoms with Gasteiger partial charge in [-0.15, -0.1) is 0 Å². The molecule has 5 rings (SSSR count). The Hall–Kier alpha value is -3.39. The Morgan fingerprint density at radius 1 is 0.843 bits per heavy atom. The number of anilines is 1. The van der Waals surface area contributed by atoms with Gasteiger partial charge in [-0.05, 0) is 50.3 Å². The molecule has 9 nitrogen and oxygen atoms in total. The number of hydrogen-bond acceptors (Lipinski definition) is 8. The molecule has 0 amide bonds. The Morgan fingerprint density at radius 3 is 2.10 bits per heavy atom. The topological polar surface area (TPSA) is 91.1 Å². The molecule has 3 aromatic heterocycles. The monoisotopic (exact) mass is 729 g/mol. The number of carbonyl (C=O) groups is 1. The van der Waals surface area contributed by atoms with E-state index in [4.69, 9.17) is 29.3 Å². The third kappa shape index (κ3) is 11.3. The molecule has 0 unspecified atom stereocenters. The van der Waals surface area contributed by atoms with Crippen molar-refractivity contribution in [1.29, 1.82) is 0 Å². The highest BCUT2D eigenvalue weighted by Gasteiger charge is 2.30. The van der Waals surface area contributed by atoms with E-state index < -0.39 is 16.1 Å². The molecule has 0 radical (unpaired) electrons. The van der Waals surface area contributed by atoms with E-state index in [-0.39, 0.29) is 17.8 Å². The van der Waals surface area contributed by atoms with Crippen molar-refractivity contribution in [3.8, 4) is 22.4 Å². The van der Waals surface area contributed by atoms with Crippen LogP contribution in [0.2, 0.25) is 51.4 Å². The maximum Gasteiger partial charge on any atom is 0.308 e. The van der Waals surface area contributed by atoms with E-state index in [1.165, 1.54) is 0 Å². The summed E-state index contributed by atoms with van der Waals surface area (Å²) in [6.07, 6.45) is 9.11. The van der Waals surface area contributed by atoms with Crippen LogP contribution in [0.5, 0.6) is 0 Å². The van der Waals surface area contributed by atoms with Crippen molar-refractivity contribution in [3.63, 3.8) is 0 Å². The highest BCUT2D eigenvalue weighted by Crippen LogP contribution is 2.38. The van der Waals surface area contributed by atoms with E-state index in [1.807, 2.05) is 35.1 Å². The average molecular weight is 730 g/mol. The molecule has 3 heterocycles. The van der Waals surface area contributed by atoms with Crippen LogP contribution in [0.4, 0.5) is 5.82 Å². The first kappa shape index (κ1) is 38.8. The number of hydrogen-bond donors (Lipinski definition) is 0. The molecule has 0 bridgehead atoms. The molecular weight excluding hydrogens is 671 g/mol. The van der Waals surface area contributed by atoms with Crippen LogP contribution in [0.1, 0.15) is 57.1 Å². The van der Waals surface area contributed by atoms with Gasteiger partial charge in [-0.2, -0.15) is 9.61 Å². The fourth-order valence-corrected chi connectivity index (χ4v) is 7.79. The van der Waals surface area contributed by atoms with Crippen LogP contribution in [-0.2, 0) is 19.0 Å². The number of esters is 1. The minimum absolute atomic E-state index is 0.0444. The Bertz CT molecular complexity index is 1660. The molecule has 0 N–H and O–H groups in total. The predicted octanol–water partition coefficient (Wildman–Crippen LogP) is 9.51. The van der Waals surface area contributed by atoms with Gasteiger partial charge in [0, 0.05) is 69.9 Å². The Labute approximate surface area is 307 Å². The molecule has 4 aromatic rings. The van der Waals surface area contributed by atoms with Crippen molar-refractivity contribution in [2.45, 2.75) is 103 Å². The van der Waals surface area contributed by atoms with E-state index >= 15 is 0 Å². The number of fused-ring (bicyclic) bond motifs is 1. The second kappa shape index (κ2) is 17.9. The van der Waals surface area contributed by atoms with Gasteiger partial charge < -0.3 is 19.1 Å². The van der Waals surface area contributed by atoms with E-state index in [0.717, 1.165) is 90.2 Å². The first-order chi connectivity index (χ1) is 24.4. The van der Waals surface area contributed by atoms with E-state index in [2.05, 4.69) is 81.4 Å². The molecule has 0 aliphatic heterocycles. The molecule has 1 aromatic carbocycles. The molecule has 1 aliphatic rings. The molecule has 0 spiro atoms. The van der Waals surface area contributed by atoms with Gasteiger partial charge in [-0.1, -0.05) is 89.0 Å². The maximum atomic E-state index is 12.8. The zero-order valence-electron chi connectivity index (χ0n) is 32.0. The Morgan fingerprint density at radius 2 is 1.51 bits per heavy atom. The summed E-state index contributed by atoms with van der Waals surface area (Å²) < 4.78 is 20.2. The lowest BCUT2D eigenvalue weighted by molar-refractivity contribution is -0.149. The zero-order chi connectivity index (χ0) is 36.4. The normalized spacial score (nSPS) is 16.8. The van der Waals surface area contributed by atoms with Gasteiger partial charge in [0.2, 0.25) is 0 Å². The number of pyridine rings is 1. The number of ether oxygens (including phenoxy) is 3. The molecule has 1 saturated carbocycles. The molecule has 0 atom stereocenters. The molecule has 1 fully saturated rings. The second-order valence-electron chi connectivity index (χ2n) is 16.4. The third-order valence-electron chi connectivity index (χ3n) is 9.65. The van der Waals surface area contributed by atoms with Gasteiger partial charge >= 0.3 is 5.97 Å². The van der Waals surface area contributed by atoms with Gasteiger partial charge in [0.1, 0.15) is 19.3 Å². The number of nitrogens with zero attached hydrogens (tertiary/aromatic N) is 5. The molecule has 51 heavy (non-hydrogen) atoms. The average Bonchev–Trinajstić information content (AvgIpc) is 3.54. The molecule has 11 heteroatoms. The van der Waals surface area contributed by atoms with E-state index in [9.17, 15) is 4.79 Å². The Kier molecular flexibility index (Phi) is 13.6. The minimum atomic E-state index is -1.26. The van der Waals surface area contributed by atoms with Crippen molar-refractivity contribution in [3.05, 3.63) is 66.6 Å². The molecule has 1 aliphatic carbocycles. The lowest BCUT2D eigenvalue weighted by Crippen LogP contribution is -2.33. The largest absolute Gasteiger partial charge is 0.465 e. The van der Waals surface area contributed by atoms with Crippen LogP contribution in [0.25, 0.3) is 28.0 Å². The zero-order valence-corrected chi connectivity index (χ0v) is 34.0. The van der Waals surface area contributed by atoms with Gasteiger partial charge in [-0.25, -0.2) is 4.98 Å². The van der Waals surface area contributed by atoms with Crippen molar-refractivity contribution in [1.82, 2.24) is 19.6 Å². The SMILES string of the molecule is CCCCOC(=O)C1CCC(c2cc(N(COCC[Si](C)(C)C)COCC[Si](C)(C)C)n3ncc(-c4ccc(-c5ccccc5)nc4)c3n2)CC1. The number of unbranched alkanes of at least 4 members (excludes halogenated alkanes) is 1. The molecule has 0 saturated heterocycles. The summed E-state index contributed by atoms with van der Waals surface area (Å²) >= 11 is 0. The summed E-state index contributed by atoms with van der Waals surface area (Å²) in [7, 11) is -2.51. The maximum absolute atomic E-state index is 12.8. The predicted molar refractivity (Wildman–Crippen MR) is 213 cm³/mol. The molecular formula is C40H59N5O4Si2. The van der Waals surface area contributed by atoms with Crippen molar-refractivity contribution in [2.24, 2.45) is 5.92 Å². The highest BCUT2D eigenvalue weighted by molar-refractivity contribution is 6.76.